The van der Waals surface area contributed by atoms with E-state index in [0.29, 0.717) is 21.3 Å². The Labute approximate surface area is 173 Å². The molecule has 2 aromatic carbocycles. The quantitative estimate of drug-likeness (QED) is 0.259. The summed E-state index contributed by atoms with van der Waals surface area (Å²) in [4.78, 5) is 15.9. The average molecular weight is 452 g/mol. The first-order valence-corrected chi connectivity index (χ1v) is 10.9. The van der Waals surface area contributed by atoms with E-state index >= 15 is 0 Å². The summed E-state index contributed by atoms with van der Waals surface area (Å²) in [6.07, 6.45) is 0.281. The van der Waals surface area contributed by atoms with Crippen LogP contribution in [0.3, 0.4) is 0 Å². The van der Waals surface area contributed by atoms with Gasteiger partial charge in [-0.3, -0.25) is 9.35 Å². The van der Waals surface area contributed by atoms with Gasteiger partial charge in [-0.15, -0.1) is 10.2 Å². The van der Waals surface area contributed by atoms with Crippen LogP contribution >= 0.6 is 11.3 Å². The third-order valence-electron chi connectivity index (χ3n) is 4.63. The minimum absolute atomic E-state index is 0.0227. The van der Waals surface area contributed by atoms with Gasteiger partial charge in [-0.25, -0.2) is 4.98 Å². The molecule has 12 heteroatoms. The van der Waals surface area contributed by atoms with Crippen molar-refractivity contribution < 1.29 is 26.5 Å². The first kappa shape index (κ1) is 20.4. The highest BCUT2D eigenvalue weighted by Gasteiger charge is 2.29. The summed E-state index contributed by atoms with van der Waals surface area (Å²) in [5, 5.41) is 8.07. The van der Waals surface area contributed by atoms with Crippen LogP contribution in [0.15, 0.2) is 45.5 Å². The van der Waals surface area contributed by atoms with Gasteiger partial charge in [0, 0.05) is 17.8 Å². The first-order chi connectivity index (χ1) is 14.1. The second-order valence-corrected chi connectivity index (χ2v) is 8.98. The normalized spacial score (nSPS) is 14.2. The molecule has 1 aliphatic rings. The summed E-state index contributed by atoms with van der Waals surface area (Å²) in [6.45, 7) is -1.33. The predicted octanol–water partition coefficient (Wildman–Crippen LogP) is 4.75. The van der Waals surface area contributed by atoms with Crippen LogP contribution in [0.2, 0.25) is 0 Å². The van der Waals surface area contributed by atoms with Crippen LogP contribution in [-0.2, 0) is 16.5 Å². The van der Waals surface area contributed by atoms with Crippen molar-refractivity contribution in [2.75, 3.05) is 11.4 Å². The van der Waals surface area contributed by atoms with E-state index in [1.54, 1.807) is 18.2 Å². The van der Waals surface area contributed by atoms with Gasteiger partial charge in [-0.1, -0.05) is 11.3 Å². The molecule has 0 atom stereocenters. The van der Waals surface area contributed by atoms with Crippen molar-refractivity contribution in [3.8, 4) is 0 Å². The maximum absolute atomic E-state index is 13.1. The van der Waals surface area contributed by atoms with Crippen molar-refractivity contribution >= 4 is 54.0 Å². The molecule has 2 heterocycles. The van der Waals surface area contributed by atoms with Gasteiger partial charge >= 0.3 is 6.55 Å². The van der Waals surface area contributed by atoms with Crippen LogP contribution < -0.4 is 4.90 Å². The van der Waals surface area contributed by atoms with Crippen LogP contribution in [0.4, 0.5) is 25.3 Å². The Morgan fingerprint density at radius 2 is 2.03 bits per heavy atom. The third-order valence-corrected chi connectivity index (χ3v) is 6.42. The van der Waals surface area contributed by atoms with Gasteiger partial charge in [0.1, 0.15) is 10.6 Å². The number of anilines is 1. The number of rotatable bonds is 5. The molecule has 0 bridgehead atoms. The fraction of sp³-hybridized carbons (Fsp3) is 0.222. The zero-order chi connectivity index (χ0) is 21.6. The summed E-state index contributed by atoms with van der Waals surface area (Å²) in [5.41, 5.74) is 1.46. The maximum Gasteiger partial charge on any atom is 0.315 e. The Kier molecular flexibility index (Phi) is 5.08. The highest BCUT2D eigenvalue weighted by atomic mass is 32.2. The number of ketones is 1. The van der Waals surface area contributed by atoms with Crippen molar-refractivity contribution in [3.63, 3.8) is 0 Å². The van der Waals surface area contributed by atoms with Crippen molar-refractivity contribution in [3.05, 3.63) is 41.5 Å². The van der Waals surface area contributed by atoms with Crippen molar-refractivity contribution in [2.24, 2.45) is 10.2 Å². The molecule has 0 saturated heterocycles. The Balaban J connectivity index is 1.75. The minimum Gasteiger partial charge on any atom is -0.315 e. The molecule has 1 aliphatic heterocycles. The number of alkyl halides is 2. The molecule has 4 rings (SSSR count). The van der Waals surface area contributed by atoms with E-state index in [-0.39, 0.29) is 35.3 Å². The van der Waals surface area contributed by atoms with Crippen molar-refractivity contribution in [2.45, 2.75) is 24.8 Å². The first-order valence-electron chi connectivity index (χ1n) is 8.66. The molecule has 0 radical (unpaired) electrons. The van der Waals surface area contributed by atoms with Crippen LogP contribution in [0.25, 0.3) is 10.2 Å². The number of Topliss-reactive ketones (excluding diaryl/α,β-unsaturated/α-hetero) is 1. The van der Waals surface area contributed by atoms with Gasteiger partial charge in [-0.2, -0.15) is 17.2 Å². The zero-order valence-electron chi connectivity index (χ0n) is 15.4. The summed E-state index contributed by atoms with van der Waals surface area (Å²) >= 11 is 1.15. The molecule has 0 spiro atoms. The van der Waals surface area contributed by atoms with Crippen LogP contribution in [0, 0.1) is 0 Å². The van der Waals surface area contributed by atoms with Gasteiger partial charge in [0.2, 0.25) is 5.13 Å². The van der Waals surface area contributed by atoms with E-state index in [4.69, 9.17) is 0 Å². The lowest BCUT2D eigenvalue weighted by atomic mass is 10.1. The molecule has 8 nitrogen and oxygen atoms in total. The number of benzene rings is 2. The topological polar surface area (TPSA) is 112 Å². The lowest BCUT2D eigenvalue weighted by molar-refractivity contribution is 0.101. The number of carbonyl (C=O) groups excluding carboxylic acids is 1. The second-order valence-electron chi connectivity index (χ2n) is 6.58. The van der Waals surface area contributed by atoms with Crippen LogP contribution in [0.1, 0.15) is 22.8 Å². The number of carbonyl (C=O) groups is 1. The molecule has 0 fully saturated rings. The number of nitrogens with zero attached hydrogens (tertiary/aromatic N) is 4. The summed E-state index contributed by atoms with van der Waals surface area (Å²) < 4.78 is 60.1. The van der Waals surface area contributed by atoms with Crippen LogP contribution in [0.5, 0.6) is 0 Å². The van der Waals surface area contributed by atoms with Gasteiger partial charge in [-0.05, 0) is 49.2 Å². The number of hydrogen-bond acceptors (Lipinski definition) is 8. The molecule has 0 unspecified atom stereocenters. The molecule has 0 saturated carbocycles. The molecule has 30 heavy (non-hydrogen) atoms. The van der Waals surface area contributed by atoms with E-state index in [0.717, 1.165) is 22.3 Å². The lowest BCUT2D eigenvalue weighted by Gasteiger charge is -2.18. The van der Waals surface area contributed by atoms with Crippen molar-refractivity contribution in [1.29, 1.82) is 0 Å². The van der Waals surface area contributed by atoms with E-state index in [9.17, 15) is 26.5 Å². The van der Waals surface area contributed by atoms with Crippen molar-refractivity contribution in [1.82, 2.24) is 4.98 Å². The molecule has 156 valence electrons. The number of thiazole rings is 1. The van der Waals surface area contributed by atoms with Gasteiger partial charge in [0.25, 0.3) is 10.1 Å². The van der Waals surface area contributed by atoms with Gasteiger partial charge < -0.3 is 4.90 Å². The summed E-state index contributed by atoms with van der Waals surface area (Å²) in [6, 6.07) is 7.28. The fourth-order valence-electron chi connectivity index (χ4n) is 3.19. The van der Waals surface area contributed by atoms with E-state index < -0.39 is 21.6 Å². The van der Waals surface area contributed by atoms with Crippen LogP contribution in [-0.4, -0.2) is 36.8 Å². The summed E-state index contributed by atoms with van der Waals surface area (Å²) in [5.74, 6) is -0.0951. The van der Waals surface area contributed by atoms with Gasteiger partial charge in [0.05, 0.1) is 10.2 Å². The SMILES string of the molecule is CC(=O)c1ccc2nc(N=Nc3cc4c(cc3S(=O)(=O)O)N(C(F)F)CC4)sc2c1. The fourth-order valence-corrected chi connectivity index (χ4v) is 4.64. The Bertz CT molecular complexity index is 1310. The Hall–Kier alpha value is -2.83. The predicted molar refractivity (Wildman–Crippen MR) is 107 cm³/mol. The molecule has 0 amide bonds. The second kappa shape index (κ2) is 7.45. The molecule has 1 N–H and O–H groups in total. The number of halogens is 2. The smallest absolute Gasteiger partial charge is 0.315 e. The van der Waals surface area contributed by atoms with E-state index in [2.05, 4.69) is 15.2 Å². The highest BCUT2D eigenvalue weighted by molar-refractivity contribution is 7.86. The highest BCUT2D eigenvalue weighted by Crippen LogP contribution is 2.39. The van der Waals surface area contributed by atoms with E-state index in [1.165, 1.54) is 13.0 Å². The molecule has 0 aliphatic carbocycles. The number of fused-ring (bicyclic) bond motifs is 2. The van der Waals surface area contributed by atoms with Gasteiger partial charge in [0.15, 0.2) is 5.78 Å². The maximum atomic E-state index is 13.1. The third kappa shape index (κ3) is 3.80. The minimum atomic E-state index is -4.73. The largest absolute Gasteiger partial charge is 0.315 e. The Morgan fingerprint density at radius 3 is 2.70 bits per heavy atom. The number of hydrogen-bond donors (Lipinski definition) is 1. The van der Waals surface area contributed by atoms with E-state index in [1.807, 2.05) is 0 Å². The zero-order valence-corrected chi connectivity index (χ0v) is 17.0. The summed E-state index contributed by atoms with van der Waals surface area (Å²) in [7, 11) is -4.73. The Morgan fingerprint density at radius 1 is 1.27 bits per heavy atom. The standard InChI is InChI=1S/C18H14F2N4O4S2/c1-9(25)10-2-3-12-15(7-10)29-18(21-12)23-22-13-6-11-4-5-24(17(19)20)14(11)8-16(13)30(26,27)28/h2-3,6-8,17H,4-5H2,1H3,(H,26,27,28). The molecule has 1 aromatic heterocycles. The number of aromatic nitrogens is 1. The molecular formula is C18H14F2N4O4S2. The molecule has 3 aromatic rings. The number of azo groups is 1. The monoisotopic (exact) mass is 452 g/mol. The lowest BCUT2D eigenvalue weighted by Crippen LogP contribution is -2.26. The average Bonchev–Trinajstić information content (AvgIpc) is 3.27. The molecular weight excluding hydrogens is 438 g/mol.